The lowest BCUT2D eigenvalue weighted by atomic mass is 9.78. The minimum Gasteiger partial charge on any atom is -0.376 e. The second-order valence-corrected chi connectivity index (χ2v) is 13.4. The molecule has 0 aliphatic carbocycles. The number of carbonyl (C=O) groups excluding carboxylic acids is 2. The fraction of sp³-hybridized carbons (Fsp3) is 0.200. The Balaban J connectivity index is 0.000000150. The molecule has 16 heteroatoms. The van der Waals surface area contributed by atoms with Crippen molar-refractivity contribution in [2.24, 2.45) is 24.1 Å². The van der Waals surface area contributed by atoms with Crippen molar-refractivity contribution in [3.63, 3.8) is 0 Å². The van der Waals surface area contributed by atoms with Gasteiger partial charge in [-0.15, -0.1) is 0 Å². The number of Topliss-reactive ketones (excluding diaryl/α,β-unsaturated/α-hetero) is 2. The van der Waals surface area contributed by atoms with Gasteiger partial charge in [-0.2, -0.15) is 10.2 Å². The average molecular weight is 761 g/mol. The average Bonchev–Trinajstić information content (AvgIpc) is 3.81. The Bertz CT molecular complexity index is 2570. The first kappa shape index (κ1) is 32.6. The molecule has 6 heterocycles. The summed E-state index contributed by atoms with van der Waals surface area (Å²) in [4.78, 5) is 42.3. The van der Waals surface area contributed by atoms with Gasteiger partial charge in [0, 0.05) is 47.7 Å². The van der Waals surface area contributed by atoms with Crippen molar-refractivity contribution in [3.05, 3.63) is 154 Å². The molecule has 0 unspecified atom stereocenters. The molecular formula is C40H30F4N10O2. The van der Waals surface area contributed by atoms with Gasteiger partial charge in [0.2, 0.25) is 0 Å². The lowest BCUT2D eigenvalue weighted by Gasteiger charge is -2.37. The molecular weight excluding hydrogens is 728 g/mol. The molecule has 12 nitrogen and oxygen atoms in total. The summed E-state index contributed by atoms with van der Waals surface area (Å²) in [5, 5.41) is 14.4. The molecule has 0 saturated heterocycles. The van der Waals surface area contributed by atoms with E-state index in [4.69, 9.17) is 0 Å². The van der Waals surface area contributed by atoms with Crippen LogP contribution in [0.25, 0.3) is 0 Å². The van der Waals surface area contributed by atoms with Gasteiger partial charge < -0.3 is 10.6 Å². The van der Waals surface area contributed by atoms with E-state index >= 15 is 0 Å². The fourth-order valence-electron chi connectivity index (χ4n) is 7.60. The molecule has 4 aliphatic heterocycles. The van der Waals surface area contributed by atoms with E-state index in [1.165, 1.54) is 94.8 Å². The molecule has 0 radical (unpaired) electrons. The van der Waals surface area contributed by atoms with Crippen LogP contribution >= 0.6 is 0 Å². The molecule has 0 bridgehead atoms. The zero-order chi connectivity index (χ0) is 40.7. The third-order valence-corrected chi connectivity index (χ3v) is 10.1. The maximum absolute atomic E-state index is 14.2. The first-order chi connectivity index (χ1) is 27.8. The Hall–Kier alpha value is -6.84. The number of nitrogens with zero attached hydrogens (tertiary/aromatic N) is 8. The number of benzene rings is 4. The number of rotatable bonds is 4. The van der Waals surface area contributed by atoms with Gasteiger partial charge in [-0.05, 0) is 59.7 Å². The number of anilines is 2. The van der Waals surface area contributed by atoms with Crippen molar-refractivity contribution in [2.45, 2.75) is 23.9 Å². The van der Waals surface area contributed by atoms with Crippen LogP contribution in [0.1, 0.15) is 81.2 Å². The van der Waals surface area contributed by atoms with Crippen LogP contribution in [0.3, 0.4) is 0 Å². The topological polar surface area (TPSA) is 144 Å². The predicted molar refractivity (Wildman–Crippen MR) is 197 cm³/mol. The first-order valence-corrected chi connectivity index (χ1v) is 17.4. The summed E-state index contributed by atoms with van der Waals surface area (Å²) in [7, 11) is 3.39. The van der Waals surface area contributed by atoms with Crippen LogP contribution in [0, 0.1) is 23.3 Å². The quantitative estimate of drug-likeness (QED) is 0.207. The Morgan fingerprint density at radius 2 is 1.00 bits per heavy atom. The van der Waals surface area contributed by atoms with Crippen molar-refractivity contribution >= 4 is 34.4 Å². The number of halogens is 4. The Morgan fingerprint density at radius 1 is 0.607 bits per heavy atom. The van der Waals surface area contributed by atoms with Gasteiger partial charge in [-0.3, -0.25) is 28.9 Å². The molecule has 10 rings (SSSR count). The van der Waals surface area contributed by atoms with Gasteiger partial charge in [0.1, 0.15) is 60.7 Å². The van der Waals surface area contributed by atoms with Crippen molar-refractivity contribution in [2.75, 3.05) is 23.7 Å². The van der Waals surface area contributed by atoms with E-state index < -0.39 is 47.1 Å². The maximum Gasteiger partial charge on any atom is 0.185 e. The van der Waals surface area contributed by atoms with Crippen LogP contribution in [0.15, 0.2) is 95.4 Å². The van der Waals surface area contributed by atoms with Gasteiger partial charge in [-0.1, -0.05) is 24.3 Å². The van der Waals surface area contributed by atoms with Crippen LogP contribution in [-0.2, 0) is 14.1 Å². The third-order valence-electron chi connectivity index (χ3n) is 10.1. The molecule has 0 saturated carbocycles. The summed E-state index contributed by atoms with van der Waals surface area (Å²) in [5.74, 6) is -3.23. The Kier molecular flexibility index (Phi) is 7.84. The third kappa shape index (κ3) is 5.84. The number of aromatic nitrogens is 6. The van der Waals surface area contributed by atoms with E-state index in [2.05, 4.69) is 40.8 Å². The summed E-state index contributed by atoms with van der Waals surface area (Å²) in [6.07, 6.45) is 2.74. The zero-order valence-electron chi connectivity index (χ0n) is 31.6. The van der Waals surface area contributed by atoms with Gasteiger partial charge in [-0.25, -0.2) is 27.5 Å². The number of aliphatic imine (C=N–C) groups is 2. The molecule has 4 aromatic carbocycles. The van der Waals surface area contributed by atoms with Crippen LogP contribution in [-0.4, -0.2) is 65.6 Å². The largest absolute Gasteiger partial charge is 0.376 e. The molecule has 6 aromatic rings. The van der Waals surface area contributed by atoms with Gasteiger partial charge >= 0.3 is 0 Å². The molecule has 0 fully saturated rings. The highest BCUT2D eigenvalue weighted by Gasteiger charge is 2.43. The van der Waals surface area contributed by atoms with E-state index in [9.17, 15) is 29.9 Å². The second kappa shape index (κ2) is 13.5. The van der Waals surface area contributed by atoms with Gasteiger partial charge in [0.25, 0.3) is 0 Å². The number of carbonyl (C=O) groups is 2. The Morgan fingerprint density at radius 3 is 1.36 bits per heavy atom. The minimum absolute atomic E-state index is 0.140. The summed E-state index contributed by atoms with van der Waals surface area (Å²) in [6, 6.07) is 12.8. The summed E-state index contributed by atoms with van der Waals surface area (Å²) < 4.78 is 77.3. The first-order valence-electron chi connectivity index (χ1n) is 18.4. The SMILES string of the molecule is [2H][C@]1(c2ccc(F)cc2)Nc2cc(F)cc3c2C(=NCC3=O)[C@@H]1c1ncnn1C.[2H][C@]1(c2ccc(F)cc2)Nc2cc(F)cc3c2C(=NCC3=O)[C@@H]1c1ncnn1C. The zero-order valence-corrected chi connectivity index (χ0v) is 29.6. The van der Waals surface area contributed by atoms with Crippen molar-refractivity contribution < 1.29 is 29.9 Å². The van der Waals surface area contributed by atoms with Crippen LogP contribution in [0.4, 0.5) is 28.9 Å². The summed E-state index contributed by atoms with van der Waals surface area (Å²) in [5.41, 5.74) is 3.81. The molecule has 56 heavy (non-hydrogen) atoms. The second-order valence-electron chi connectivity index (χ2n) is 13.4. The maximum atomic E-state index is 14.2. The highest BCUT2D eigenvalue weighted by atomic mass is 19.1. The fourth-order valence-corrected chi connectivity index (χ4v) is 7.60. The van der Waals surface area contributed by atoms with E-state index in [0.29, 0.717) is 56.7 Å². The predicted octanol–water partition coefficient (Wildman–Crippen LogP) is 6.06. The summed E-state index contributed by atoms with van der Waals surface area (Å²) in [6.45, 7) is -0.280. The molecule has 4 atom stereocenters. The number of hydrogen-bond donors (Lipinski definition) is 2. The molecule has 4 aliphatic rings. The molecule has 280 valence electrons. The Labute approximate surface area is 318 Å². The van der Waals surface area contributed by atoms with Crippen molar-refractivity contribution in [1.82, 2.24) is 29.5 Å². The number of hydrogen-bond acceptors (Lipinski definition) is 10. The van der Waals surface area contributed by atoms with E-state index in [1.807, 2.05) is 0 Å². The lowest BCUT2D eigenvalue weighted by molar-refractivity contribution is 0.0991. The monoisotopic (exact) mass is 760 g/mol. The lowest BCUT2D eigenvalue weighted by Crippen LogP contribution is -2.37. The summed E-state index contributed by atoms with van der Waals surface area (Å²) >= 11 is 0. The molecule has 0 spiro atoms. The van der Waals surface area contributed by atoms with Crippen molar-refractivity contribution in [1.29, 1.82) is 0 Å². The minimum atomic E-state index is -1.58. The van der Waals surface area contributed by atoms with Crippen LogP contribution in [0.2, 0.25) is 0 Å². The number of aryl methyl sites for hydroxylation is 2. The normalized spacial score (nSPS) is 23.5. The highest BCUT2D eigenvalue weighted by molar-refractivity contribution is 6.22. The van der Waals surface area contributed by atoms with E-state index in [-0.39, 0.29) is 35.8 Å². The standard InChI is InChI=1S/2C20H15F2N5O/c2*1-27-20(24-9-25-27)17-18(10-2-4-11(21)5-3-10)26-14-7-12(22)6-13-15(28)8-23-19(17)16(13)14/h2*2-7,9,17-18,26H,8H2,1H3/t2*17-,18-/m11/s1/i2*18D. The molecule has 2 N–H and O–H groups in total. The van der Waals surface area contributed by atoms with Gasteiger partial charge in [0.05, 0.1) is 38.0 Å². The number of nitrogens with one attached hydrogen (secondary N) is 2. The van der Waals surface area contributed by atoms with E-state index in [1.54, 1.807) is 14.1 Å². The van der Waals surface area contributed by atoms with Crippen molar-refractivity contribution in [3.8, 4) is 0 Å². The molecule has 2 aromatic heterocycles. The van der Waals surface area contributed by atoms with E-state index in [0.717, 1.165) is 0 Å². The molecule has 0 amide bonds. The van der Waals surface area contributed by atoms with Crippen LogP contribution < -0.4 is 10.6 Å². The number of ketones is 2. The van der Waals surface area contributed by atoms with Crippen LogP contribution in [0.5, 0.6) is 0 Å². The highest BCUT2D eigenvalue weighted by Crippen LogP contribution is 2.46. The van der Waals surface area contributed by atoms with Gasteiger partial charge in [0.15, 0.2) is 11.6 Å². The smallest absolute Gasteiger partial charge is 0.185 e.